The van der Waals surface area contributed by atoms with Gasteiger partial charge >= 0.3 is 0 Å². The molecular formula is C24H21ClN6O3. The molecule has 0 saturated heterocycles. The first-order chi connectivity index (χ1) is 16.5. The molecule has 1 atom stereocenters. The zero-order valence-electron chi connectivity index (χ0n) is 18.2. The number of hydrogen-bond acceptors (Lipinski definition) is 8. The molecule has 2 aromatic heterocycles. The Kier molecular flexibility index (Phi) is 6.92. The predicted octanol–water partition coefficient (Wildman–Crippen LogP) is 3.69. The van der Waals surface area contributed by atoms with E-state index in [4.69, 9.17) is 21.6 Å². The van der Waals surface area contributed by atoms with E-state index >= 15 is 0 Å². The summed E-state index contributed by atoms with van der Waals surface area (Å²) in [5.74, 6) is 1.24. The molecule has 0 saturated carbocycles. The lowest BCUT2D eigenvalue weighted by Crippen LogP contribution is -2.54. The zero-order chi connectivity index (χ0) is 24.1. The number of hydrogen-bond donors (Lipinski definition) is 2. The Morgan fingerprint density at radius 1 is 1.18 bits per heavy atom. The summed E-state index contributed by atoms with van der Waals surface area (Å²) in [4.78, 5) is 23.9. The average molecular weight is 477 g/mol. The molecule has 0 fully saturated rings. The van der Waals surface area contributed by atoms with Crippen LogP contribution in [0.3, 0.4) is 0 Å². The molecule has 9 nitrogen and oxygen atoms in total. The number of likely N-dealkylation sites (N-methyl/N-ethyl adjacent to an activating group) is 1. The Balaban J connectivity index is 1.53. The smallest absolute Gasteiger partial charge is 0.253 e. The summed E-state index contributed by atoms with van der Waals surface area (Å²) in [6.07, 6.45) is 1.77. The summed E-state index contributed by atoms with van der Waals surface area (Å²) in [7, 11) is 0. The van der Waals surface area contributed by atoms with Crippen LogP contribution in [0.15, 0.2) is 72.7 Å². The fourth-order valence-corrected chi connectivity index (χ4v) is 3.50. The Morgan fingerprint density at radius 3 is 2.65 bits per heavy atom. The third kappa shape index (κ3) is 5.26. The quantitative estimate of drug-likeness (QED) is 0.530. The van der Waals surface area contributed by atoms with Gasteiger partial charge in [0.25, 0.3) is 5.91 Å². The van der Waals surface area contributed by atoms with Crippen LogP contribution in [0.5, 0.6) is 11.6 Å². The van der Waals surface area contributed by atoms with E-state index in [9.17, 15) is 9.90 Å². The number of ether oxygens (including phenoxy) is 1. The topological polar surface area (TPSA) is 115 Å². The van der Waals surface area contributed by atoms with Gasteiger partial charge < -0.3 is 20.1 Å². The number of nitriles is 1. The highest BCUT2D eigenvalue weighted by atomic mass is 35.5. The number of carbonyl (C=O) groups excluding carboxylic acids is 1. The van der Waals surface area contributed by atoms with Crippen molar-refractivity contribution >= 4 is 23.3 Å². The molecule has 0 radical (unpaired) electrons. The van der Waals surface area contributed by atoms with Crippen LogP contribution in [0, 0.1) is 11.3 Å². The Morgan fingerprint density at radius 2 is 1.97 bits per heavy atom. The van der Waals surface area contributed by atoms with E-state index in [2.05, 4.69) is 15.3 Å². The summed E-state index contributed by atoms with van der Waals surface area (Å²) >= 11 is 5.99. The lowest BCUT2D eigenvalue weighted by atomic mass is 10.2. The lowest BCUT2D eigenvalue weighted by Gasteiger charge is -2.41. The molecule has 3 heterocycles. The van der Waals surface area contributed by atoms with Crippen molar-refractivity contribution in [1.82, 2.24) is 19.8 Å². The normalized spacial score (nSPS) is 15.5. The molecule has 4 rings (SSSR count). The molecule has 34 heavy (non-hydrogen) atoms. The van der Waals surface area contributed by atoms with E-state index in [-0.39, 0.29) is 17.5 Å². The van der Waals surface area contributed by atoms with Crippen LogP contribution in [0.2, 0.25) is 5.02 Å². The van der Waals surface area contributed by atoms with Gasteiger partial charge in [-0.1, -0.05) is 29.8 Å². The fourth-order valence-electron chi connectivity index (χ4n) is 3.37. The van der Waals surface area contributed by atoms with E-state index in [1.807, 2.05) is 18.2 Å². The van der Waals surface area contributed by atoms with Gasteiger partial charge in [-0.2, -0.15) is 5.26 Å². The number of amides is 1. The number of anilines is 1. The highest BCUT2D eigenvalue weighted by Crippen LogP contribution is 2.25. The van der Waals surface area contributed by atoms with Crippen LogP contribution in [-0.4, -0.2) is 43.7 Å². The molecular weight excluding hydrogens is 456 g/mol. The predicted molar refractivity (Wildman–Crippen MR) is 125 cm³/mol. The van der Waals surface area contributed by atoms with Gasteiger partial charge in [0, 0.05) is 30.3 Å². The average Bonchev–Trinajstić information content (AvgIpc) is 2.84. The second-order valence-electron chi connectivity index (χ2n) is 7.33. The number of rotatable bonds is 7. The number of benzene rings is 1. The van der Waals surface area contributed by atoms with Crippen molar-refractivity contribution in [2.75, 3.05) is 11.9 Å². The molecule has 1 aliphatic rings. The van der Waals surface area contributed by atoms with Gasteiger partial charge in [-0.05, 0) is 42.8 Å². The molecule has 1 unspecified atom stereocenters. The molecule has 2 N–H and O–H groups in total. The van der Waals surface area contributed by atoms with E-state index in [0.717, 1.165) is 5.56 Å². The Bertz CT molecular complexity index is 1240. The summed E-state index contributed by atoms with van der Waals surface area (Å²) in [5.41, 5.74) is 1.16. The molecule has 1 amide bonds. The number of pyridine rings is 2. The van der Waals surface area contributed by atoms with Gasteiger partial charge in [0.05, 0.1) is 6.20 Å². The second kappa shape index (κ2) is 10.2. The molecule has 0 spiro atoms. The minimum atomic E-state index is -1.15. The van der Waals surface area contributed by atoms with E-state index < -0.39 is 6.35 Å². The molecule has 1 aromatic carbocycles. The van der Waals surface area contributed by atoms with Crippen LogP contribution in [0.1, 0.15) is 18.2 Å². The van der Waals surface area contributed by atoms with Crippen molar-refractivity contribution in [3.8, 4) is 17.7 Å². The monoisotopic (exact) mass is 476 g/mol. The van der Waals surface area contributed by atoms with Crippen LogP contribution in [0.4, 0.5) is 5.82 Å². The zero-order valence-corrected chi connectivity index (χ0v) is 19.0. The number of aromatic nitrogens is 2. The number of aliphatic hydroxyl groups excluding tert-OH is 1. The van der Waals surface area contributed by atoms with Gasteiger partial charge in [0.15, 0.2) is 0 Å². The third-order valence-electron chi connectivity index (χ3n) is 5.07. The van der Waals surface area contributed by atoms with Crippen LogP contribution in [0.25, 0.3) is 0 Å². The summed E-state index contributed by atoms with van der Waals surface area (Å²) in [5, 5.41) is 23.6. The molecule has 0 bridgehead atoms. The number of aliphatic hydroxyl groups is 1. The van der Waals surface area contributed by atoms with Gasteiger partial charge in [-0.3, -0.25) is 9.69 Å². The first-order valence-electron chi connectivity index (χ1n) is 10.5. The van der Waals surface area contributed by atoms with E-state index in [0.29, 0.717) is 35.5 Å². The van der Waals surface area contributed by atoms with Crippen LogP contribution >= 0.6 is 11.6 Å². The van der Waals surface area contributed by atoms with Crippen molar-refractivity contribution in [3.63, 3.8) is 0 Å². The van der Waals surface area contributed by atoms with Gasteiger partial charge in [-0.25, -0.2) is 9.97 Å². The first-order valence-corrected chi connectivity index (χ1v) is 10.8. The van der Waals surface area contributed by atoms with Gasteiger partial charge in [0.1, 0.15) is 29.2 Å². The van der Waals surface area contributed by atoms with Crippen LogP contribution in [-0.2, 0) is 11.3 Å². The molecule has 0 aliphatic carbocycles. The largest absolute Gasteiger partial charge is 0.437 e. The molecule has 10 heteroatoms. The Hall–Kier alpha value is -4.13. The maximum atomic E-state index is 12.5. The number of carbonyl (C=O) groups is 1. The Labute approximate surface area is 201 Å². The van der Waals surface area contributed by atoms with Crippen molar-refractivity contribution < 1.29 is 14.6 Å². The summed E-state index contributed by atoms with van der Waals surface area (Å²) in [6, 6.07) is 17.5. The van der Waals surface area contributed by atoms with Gasteiger partial charge in [-0.15, -0.1) is 0 Å². The number of nitrogens with zero attached hydrogens (tertiary/aromatic N) is 5. The summed E-state index contributed by atoms with van der Waals surface area (Å²) in [6.45, 7) is 2.49. The maximum Gasteiger partial charge on any atom is 0.253 e. The number of nitrogens with one attached hydrogen (secondary N) is 1. The molecule has 1 aliphatic heterocycles. The highest BCUT2D eigenvalue weighted by molar-refractivity contribution is 6.30. The SMILES string of the molecule is CCN1C(=O)C=C(Nc2ccc(Oc3cccc(C#N)n3)cn2)N(Cc2ccc(Cl)cc2)C1O. The first kappa shape index (κ1) is 23.0. The standard InChI is InChI=1S/C24H21ClN6O3/c1-2-30-23(32)12-21(31(24(30)33)15-16-6-8-17(25)9-7-16)29-20-11-10-19(14-27-20)34-22-5-3-4-18(13-26)28-22/h3-12,14,24,33H,2,15H2,1H3,(H,27,29). The molecule has 3 aromatic rings. The van der Waals surface area contributed by atoms with Gasteiger partial charge in [0.2, 0.25) is 12.2 Å². The minimum absolute atomic E-state index is 0.248. The van der Waals surface area contributed by atoms with E-state index in [1.165, 1.54) is 17.2 Å². The second-order valence-corrected chi connectivity index (χ2v) is 7.77. The highest BCUT2D eigenvalue weighted by Gasteiger charge is 2.32. The third-order valence-corrected chi connectivity index (χ3v) is 5.32. The summed E-state index contributed by atoms with van der Waals surface area (Å²) < 4.78 is 5.65. The molecule has 172 valence electrons. The van der Waals surface area contributed by atoms with Crippen molar-refractivity contribution in [2.24, 2.45) is 0 Å². The van der Waals surface area contributed by atoms with Crippen LogP contribution < -0.4 is 10.1 Å². The maximum absolute atomic E-state index is 12.5. The van der Waals surface area contributed by atoms with Crippen molar-refractivity contribution in [3.05, 3.63) is 89.0 Å². The van der Waals surface area contributed by atoms with Crippen molar-refractivity contribution in [2.45, 2.75) is 19.8 Å². The van der Waals surface area contributed by atoms with Crippen molar-refractivity contribution in [1.29, 1.82) is 5.26 Å². The minimum Gasteiger partial charge on any atom is -0.437 e. The lowest BCUT2D eigenvalue weighted by molar-refractivity contribution is -0.154. The number of halogens is 1. The van der Waals surface area contributed by atoms with E-state index in [1.54, 1.807) is 54.3 Å². The fraction of sp³-hybridized carbons (Fsp3) is 0.167.